The average molecular weight is 148 g/mol. The van der Waals surface area contributed by atoms with Gasteiger partial charge in [-0.3, -0.25) is 5.41 Å². The molecule has 0 atom stereocenters. The molecule has 0 aromatic carbocycles. The molecular weight excluding hydrogens is 140 g/mol. The summed E-state index contributed by atoms with van der Waals surface area (Å²) in [6, 6.07) is 0. The second kappa shape index (κ2) is 4.20. The first-order valence-corrected chi connectivity index (χ1v) is 3.02. The molecule has 9 heavy (non-hydrogen) atoms. The molecule has 5 heteroatoms. The molecule has 1 amide bonds. The van der Waals surface area contributed by atoms with Gasteiger partial charge in [0.05, 0.1) is 0 Å². The third-order valence-electron chi connectivity index (χ3n) is 0.446. The van der Waals surface area contributed by atoms with Gasteiger partial charge in [0, 0.05) is 7.05 Å². The van der Waals surface area contributed by atoms with E-state index in [0.717, 1.165) is 12.0 Å². The highest BCUT2D eigenvalue weighted by molar-refractivity contribution is 8.10. The van der Waals surface area contributed by atoms with Crippen LogP contribution in [-0.2, 0) is 4.18 Å². The fourth-order valence-electron chi connectivity index (χ4n) is 0.142. The van der Waals surface area contributed by atoms with Crippen molar-refractivity contribution in [2.24, 2.45) is 0 Å². The van der Waals surface area contributed by atoms with Crippen LogP contribution in [-0.4, -0.2) is 18.2 Å². The molecule has 0 bridgehead atoms. The van der Waals surface area contributed by atoms with E-state index < -0.39 is 6.09 Å². The predicted molar refractivity (Wildman–Crippen MR) is 36.5 cm³/mol. The van der Waals surface area contributed by atoms with Crippen molar-refractivity contribution in [1.82, 2.24) is 5.32 Å². The molecule has 0 aliphatic rings. The summed E-state index contributed by atoms with van der Waals surface area (Å²) >= 11 is 0.735. The molecule has 0 aromatic heterocycles. The van der Waals surface area contributed by atoms with E-state index >= 15 is 0 Å². The Bertz CT molecular complexity index is 126. The molecule has 2 N–H and O–H groups in total. The summed E-state index contributed by atoms with van der Waals surface area (Å²) in [4.78, 5) is 10.3. The summed E-state index contributed by atoms with van der Waals surface area (Å²) in [5.74, 6) is 0. The molecule has 0 unspecified atom stereocenters. The van der Waals surface area contributed by atoms with E-state index in [1.54, 1.807) is 0 Å². The molecule has 4 nitrogen and oxygen atoms in total. The molecule has 0 aliphatic heterocycles. The van der Waals surface area contributed by atoms with Crippen molar-refractivity contribution in [1.29, 1.82) is 5.41 Å². The van der Waals surface area contributed by atoms with Crippen LogP contribution in [0, 0.1) is 5.41 Å². The van der Waals surface area contributed by atoms with E-state index in [2.05, 4.69) is 9.50 Å². The highest BCUT2D eigenvalue weighted by Crippen LogP contribution is 2.02. The first-order valence-electron chi connectivity index (χ1n) is 2.28. The standard InChI is InChI=1S/C4H8N2O2S/c1-3(5)9-8-4(7)6-2/h5H,1-2H3,(H,6,7). The van der Waals surface area contributed by atoms with Crippen LogP contribution >= 0.6 is 12.0 Å². The predicted octanol–water partition coefficient (Wildman–Crippen LogP) is 0.988. The van der Waals surface area contributed by atoms with Crippen molar-refractivity contribution in [2.45, 2.75) is 6.92 Å². The lowest BCUT2D eigenvalue weighted by atomic mass is 10.9. The van der Waals surface area contributed by atoms with Gasteiger partial charge < -0.3 is 9.50 Å². The van der Waals surface area contributed by atoms with Gasteiger partial charge >= 0.3 is 6.09 Å². The summed E-state index contributed by atoms with van der Waals surface area (Å²) in [5.41, 5.74) is 0. The second-order valence-corrected chi connectivity index (χ2v) is 2.21. The number of rotatable bonds is 0. The average Bonchev–Trinajstić information content (AvgIpc) is 1.83. The molecule has 0 saturated heterocycles. The fourth-order valence-corrected chi connectivity index (χ4v) is 0.426. The zero-order chi connectivity index (χ0) is 7.28. The molecule has 0 saturated carbocycles. The molecule has 0 aromatic rings. The van der Waals surface area contributed by atoms with Gasteiger partial charge in [-0.2, -0.15) is 0 Å². The van der Waals surface area contributed by atoms with E-state index in [4.69, 9.17) is 5.41 Å². The van der Waals surface area contributed by atoms with Crippen LogP contribution in [0.2, 0.25) is 0 Å². The highest BCUT2D eigenvalue weighted by atomic mass is 32.2. The smallest absolute Gasteiger partial charge is 0.369 e. The van der Waals surface area contributed by atoms with Gasteiger partial charge in [-0.1, -0.05) is 0 Å². The van der Waals surface area contributed by atoms with Crippen molar-refractivity contribution >= 4 is 23.2 Å². The quantitative estimate of drug-likeness (QED) is 0.306. The summed E-state index contributed by atoms with van der Waals surface area (Å²) in [5, 5.41) is 9.31. The number of hydrogen-bond donors (Lipinski definition) is 2. The fraction of sp³-hybridized carbons (Fsp3) is 0.500. The van der Waals surface area contributed by atoms with Gasteiger partial charge in [-0.25, -0.2) is 4.79 Å². The molecule has 0 radical (unpaired) electrons. The summed E-state index contributed by atoms with van der Waals surface area (Å²) in [7, 11) is 1.46. The molecule has 0 spiro atoms. The Morgan fingerprint density at radius 3 is 2.67 bits per heavy atom. The van der Waals surface area contributed by atoms with Crippen LogP contribution in [0.25, 0.3) is 0 Å². The number of carbonyl (C=O) groups is 1. The van der Waals surface area contributed by atoms with E-state index in [0.29, 0.717) is 0 Å². The Labute approximate surface area is 57.7 Å². The van der Waals surface area contributed by atoms with Gasteiger partial charge in [0.25, 0.3) is 0 Å². The molecule has 0 heterocycles. The van der Waals surface area contributed by atoms with Crippen LogP contribution in [0.5, 0.6) is 0 Å². The van der Waals surface area contributed by atoms with Crippen molar-refractivity contribution < 1.29 is 8.98 Å². The minimum absolute atomic E-state index is 0.249. The van der Waals surface area contributed by atoms with Gasteiger partial charge in [-0.05, 0) is 6.92 Å². The summed E-state index contributed by atoms with van der Waals surface area (Å²) in [6.07, 6.45) is -0.536. The Morgan fingerprint density at radius 2 is 2.33 bits per heavy atom. The largest absolute Gasteiger partial charge is 0.419 e. The Balaban J connectivity index is 3.28. The van der Waals surface area contributed by atoms with Crippen molar-refractivity contribution in [3.8, 4) is 0 Å². The number of carbonyl (C=O) groups excluding carboxylic acids is 1. The molecule has 0 rings (SSSR count). The van der Waals surface area contributed by atoms with E-state index in [1.807, 2.05) is 0 Å². The maximum atomic E-state index is 10.3. The molecule has 52 valence electrons. The topological polar surface area (TPSA) is 62.2 Å². The lowest BCUT2D eigenvalue weighted by Gasteiger charge is -1.97. The van der Waals surface area contributed by atoms with E-state index in [-0.39, 0.29) is 5.04 Å². The third kappa shape index (κ3) is 5.16. The minimum atomic E-state index is -0.536. The first kappa shape index (κ1) is 8.29. The minimum Gasteiger partial charge on any atom is -0.369 e. The Morgan fingerprint density at radius 1 is 1.78 bits per heavy atom. The Kier molecular flexibility index (Phi) is 3.87. The molecule has 0 fully saturated rings. The lowest BCUT2D eigenvalue weighted by molar-refractivity contribution is 0.211. The Hall–Kier alpha value is -0.710. The van der Waals surface area contributed by atoms with Crippen LogP contribution in [0.1, 0.15) is 6.92 Å². The number of nitrogens with one attached hydrogen (secondary N) is 2. The normalized spacial score (nSPS) is 8.22. The first-order chi connectivity index (χ1) is 4.16. The second-order valence-electron chi connectivity index (χ2n) is 1.26. The van der Waals surface area contributed by atoms with Gasteiger partial charge in [0.2, 0.25) is 0 Å². The van der Waals surface area contributed by atoms with Crippen LogP contribution in [0.3, 0.4) is 0 Å². The van der Waals surface area contributed by atoms with Crippen molar-refractivity contribution in [3.05, 3.63) is 0 Å². The van der Waals surface area contributed by atoms with E-state index in [1.165, 1.54) is 14.0 Å². The SMILES string of the molecule is CNC(=O)OSC(C)=N. The number of amides is 1. The molecular formula is C4H8N2O2S. The zero-order valence-electron chi connectivity index (χ0n) is 5.22. The van der Waals surface area contributed by atoms with Gasteiger partial charge in [0.1, 0.15) is 17.1 Å². The van der Waals surface area contributed by atoms with Crippen molar-refractivity contribution in [2.75, 3.05) is 7.05 Å². The van der Waals surface area contributed by atoms with Gasteiger partial charge in [0.15, 0.2) is 0 Å². The van der Waals surface area contributed by atoms with Crippen LogP contribution in [0.4, 0.5) is 4.79 Å². The zero-order valence-corrected chi connectivity index (χ0v) is 6.04. The summed E-state index contributed by atoms with van der Waals surface area (Å²) < 4.78 is 4.39. The highest BCUT2D eigenvalue weighted by Gasteiger charge is 1.97. The van der Waals surface area contributed by atoms with Gasteiger partial charge in [-0.15, -0.1) is 0 Å². The number of hydrogen-bond acceptors (Lipinski definition) is 4. The summed E-state index contributed by atoms with van der Waals surface area (Å²) in [6.45, 7) is 1.54. The molecule has 0 aliphatic carbocycles. The van der Waals surface area contributed by atoms with E-state index in [9.17, 15) is 4.79 Å². The van der Waals surface area contributed by atoms with Crippen LogP contribution < -0.4 is 5.32 Å². The lowest BCUT2D eigenvalue weighted by Crippen LogP contribution is -2.16. The monoisotopic (exact) mass is 148 g/mol. The van der Waals surface area contributed by atoms with Crippen molar-refractivity contribution in [3.63, 3.8) is 0 Å². The maximum Gasteiger partial charge on any atom is 0.419 e. The maximum absolute atomic E-state index is 10.3. The van der Waals surface area contributed by atoms with Crippen LogP contribution in [0.15, 0.2) is 0 Å². The third-order valence-corrected chi connectivity index (χ3v) is 0.931.